The van der Waals surface area contributed by atoms with Crippen LogP contribution >= 0.6 is 0 Å². The number of rotatable bonds is 8. The minimum atomic E-state index is 0.928. The third kappa shape index (κ3) is 14.2. The summed E-state index contributed by atoms with van der Waals surface area (Å²) in [4.78, 5) is 0. The summed E-state index contributed by atoms with van der Waals surface area (Å²) in [5.74, 6) is 0. The standard InChI is InChI=1S/C31H26NO.2C30H24NO.C29H22NO/c1-19-14-27-29(33-30-15-20(2)23-12-8-9-13-24(23)31(27)30)17-26(19)28-16-25(21(3)18-32(28)4)22-10-6-5-7-11-22;1-19-15-26-29(32-28-14-13-22-11-7-8-12-23(22)30(26)28)17-25(19)27-16-24(20(2)18-31(27)3)21-9-5-4-6-10-21;1-19-15-26-28(32-29-16-20(2)23-11-7-8-12-24(23)30(26)29)18-25(19)27-17-22(13-14-31(27)3)21-9-5-4-6-10-21;1-19-16-25-28(31-27-13-12-21-10-6-7-11-23(21)29(25)27)18-24(19)26-17-22(14-15-30(26)2)20-8-4-3-5-9-20/h5-18H,1-4H3;2*4-18H,1-3H3;3-18H,1-2H3/q4*+1. The molecular weight excluding hydrogens is 1560 g/mol. The Balaban J connectivity index is 0.000000104. The van der Waals surface area contributed by atoms with Crippen LogP contribution in [0.5, 0.6) is 0 Å². The van der Waals surface area contributed by atoms with Gasteiger partial charge in [0.2, 0.25) is 22.8 Å². The molecule has 24 rings (SSSR count). The Morgan fingerprint density at radius 2 is 0.453 bits per heavy atom. The molecule has 0 fully saturated rings. The fraction of sp³-hybridized carbons (Fsp3) is 0.100. The molecule has 8 nitrogen and oxygen atoms in total. The molecule has 0 aliphatic heterocycles. The molecule has 8 heterocycles. The number of hydrogen-bond donors (Lipinski definition) is 0. The summed E-state index contributed by atoms with van der Waals surface area (Å²) in [5.41, 5.74) is 36.8. The van der Waals surface area contributed by atoms with E-state index in [1.807, 2.05) is 0 Å². The van der Waals surface area contributed by atoms with Gasteiger partial charge in [-0.1, -0.05) is 231 Å². The number of aromatic nitrogens is 4. The van der Waals surface area contributed by atoms with Gasteiger partial charge in [0.25, 0.3) is 0 Å². The fourth-order valence-electron chi connectivity index (χ4n) is 19.7. The fourth-order valence-corrected chi connectivity index (χ4v) is 19.7. The van der Waals surface area contributed by atoms with Crippen LogP contribution in [0.25, 0.3) is 220 Å². The van der Waals surface area contributed by atoms with Crippen molar-refractivity contribution in [2.75, 3.05) is 0 Å². The van der Waals surface area contributed by atoms with E-state index in [-0.39, 0.29) is 0 Å². The molecule has 16 aromatic carbocycles. The van der Waals surface area contributed by atoms with Crippen molar-refractivity contribution in [3.05, 3.63) is 409 Å². The number of furan rings is 4. The van der Waals surface area contributed by atoms with Crippen LogP contribution in [-0.2, 0) is 28.2 Å². The summed E-state index contributed by atoms with van der Waals surface area (Å²) >= 11 is 0. The summed E-state index contributed by atoms with van der Waals surface area (Å²) in [7, 11) is 8.44. The average Bonchev–Trinajstić information content (AvgIpc) is 1.57. The van der Waals surface area contributed by atoms with Crippen molar-refractivity contribution in [3.63, 3.8) is 0 Å². The van der Waals surface area contributed by atoms with Gasteiger partial charge in [-0.3, -0.25) is 0 Å². The van der Waals surface area contributed by atoms with Crippen LogP contribution in [0.3, 0.4) is 0 Å². The molecule has 0 aliphatic rings. The summed E-state index contributed by atoms with van der Waals surface area (Å²) in [6, 6.07) is 121. The Bertz CT molecular complexity index is 8570. The van der Waals surface area contributed by atoms with Crippen molar-refractivity contribution < 1.29 is 35.9 Å². The normalized spacial score (nSPS) is 11.6. The highest BCUT2D eigenvalue weighted by Crippen LogP contribution is 2.45. The predicted molar refractivity (Wildman–Crippen MR) is 531 cm³/mol. The van der Waals surface area contributed by atoms with E-state index >= 15 is 0 Å². The third-order valence-electron chi connectivity index (χ3n) is 26.2. The zero-order chi connectivity index (χ0) is 87.3. The van der Waals surface area contributed by atoms with Gasteiger partial charge in [-0.2, -0.15) is 0 Å². The van der Waals surface area contributed by atoms with Crippen molar-refractivity contribution in [3.8, 4) is 89.5 Å². The highest BCUT2D eigenvalue weighted by molar-refractivity contribution is 6.23. The molecule has 24 aromatic rings. The number of fused-ring (bicyclic) bond motifs is 20. The highest BCUT2D eigenvalue weighted by Gasteiger charge is 2.27. The minimum absolute atomic E-state index is 0.928. The van der Waals surface area contributed by atoms with E-state index in [0.29, 0.717) is 0 Å². The molecule has 0 bridgehead atoms. The van der Waals surface area contributed by atoms with Crippen LogP contribution < -0.4 is 18.3 Å². The smallest absolute Gasteiger partial charge is 0.213 e. The Morgan fingerprint density at radius 3 is 0.797 bits per heavy atom. The molecule has 0 amide bonds. The second kappa shape index (κ2) is 32.5. The maximum atomic E-state index is 6.43. The first-order chi connectivity index (χ1) is 62.4. The number of nitrogens with zero attached hydrogens (tertiary/aromatic N) is 4. The van der Waals surface area contributed by atoms with Crippen LogP contribution in [0.4, 0.5) is 0 Å². The summed E-state index contributed by atoms with van der Waals surface area (Å²) in [6.07, 6.45) is 8.70. The molecule has 128 heavy (non-hydrogen) atoms. The van der Waals surface area contributed by atoms with Gasteiger partial charge >= 0.3 is 0 Å². The van der Waals surface area contributed by atoms with Gasteiger partial charge in [-0.25, -0.2) is 18.3 Å². The molecule has 8 heteroatoms. The number of hydrogen-bond acceptors (Lipinski definition) is 4. The Hall–Kier alpha value is -15.6. The molecule has 0 unspecified atom stereocenters. The van der Waals surface area contributed by atoms with Gasteiger partial charge in [-0.05, 0) is 249 Å². The molecule has 8 aromatic heterocycles. The van der Waals surface area contributed by atoms with E-state index in [4.69, 9.17) is 17.7 Å². The summed E-state index contributed by atoms with van der Waals surface area (Å²) in [6.45, 7) is 17.4. The zero-order valence-corrected chi connectivity index (χ0v) is 74.1. The van der Waals surface area contributed by atoms with Crippen LogP contribution in [0.2, 0.25) is 0 Å². The lowest BCUT2D eigenvalue weighted by Gasteiger charge is -2.10. The van der Waals surface area contributed by atoms with Crippen molar-refractivity contribution in [2.24, 2.45) is 28.2 Å². The lowest BCUT2D eigenvalue weighted by atomic mass is 9.95. The van der Waals surface area contributed by atoms with Gasteiger partial charge < -0.3 is 17.7 Å². The van der Waals surface area contributed by atoms with Crippen molar-refractivity contribution in [2.45, 2.75) is 55.4 Å². The summed E-state index contributed by atoms with van der Waals surface area (Å²) in [5, 5.41) is 19.6. The largest absolute Gasteiger partial charge is 0.456 e. The molecule has 616 valence electrons. The lowest BCUT2D eigenvalue weighted by molar-refractivity contribution is -0.660. The molecule has 0 spiro atoms. The maximum absolute atomic E-state index is 6.43. The topological polar surface area (TPSA) is 68.1 Å². The monoisotopic (exact) mass is 1660 g/mol. The van der Waals surface area contributed by atoms with E-state index in [1.165, 1.54) is 220 Å². The first-order valence-corrected chi connectivity index (χ1v) is 44.0. The van der Waals surface area contributed by atoms with E-state index in [0.717, 1.165) is 44.7 Å². The molecule has 0 saturated carbocycles. The summed E-state index contributed by atoms with van der Waals surface area (Å²) < 4.78 is 34.3. The highest BCUT2D eigenvalue weighted by atomic mass is 16.3. The van der Waals surface area contributed by atoms with Crippen molar-refractivity contribution in [1.29, 1.82) is 0 Å². The van der Waals surface area contributed by atoms with Crippen LogP contribution in [0.15, 0.2) is 382 Å². The molecule has 0 atom stereocenters. The van der Waals surface area contributed by atoms with Gasteiger partial charge in [0.1, 0.15) is 72.9 Å². The van der Waals surface area contributed by atoms with Crippen LogP contribution in [0, 0.1) is 55.4 Å². The maximum Gasteiger partial charge on any atom is 0.213 e. The Labute approximate surface area is 744 Å². The molecule has 0 N–H and O–H groups in total. The van der Waals surface area contributed by atoms with Gasteiger partial charge in [-0.15, -0.1) is 0 Å². The molecule has 0 saturated heterocycles. The second-order valence-corrected chi connectivity index (χ2v) is 34.6. The number of aryl methyl sites for hydroxylation is 12. The molecule has 0 aliphatic carbocycles. The zero-order valence-electron chi connectivity index (χ0n) is 74.1. The van der Waals surface area contributed by atoms with E-state index < -0.39 is 0 Å². The van der Waals surface area contributed by atoms with Gasteiger partial charge in [0.15, 0.2) is 24.8 Å². The van der Waals surface area contributed by atoms with E-state index in [9.17, 15) is 0 Å². The third-order valence-corrected chi connectivity index (χ3v) is 26.2. The van der Waals surface area contributed by atoms with Crippen LogP contribution in [-0.4, -0.2) is 0 Å². The van der Waals surface area contributed by atoms with Crippen molar-refractivity contribution in [1.82, 2.24) is 0 Å². The second-order valence-electron chi connectivity index (χ2n) is 34.6. The SMILES string of the molecule is Cc1c[n+](C)c(-c2cc3oc4cc(C)c5ccccc5c4c3cc2C)cc1-c1ccccc1.Cc1c[n+](C)c(-c2cc3oc4ccc5ccccc5c4c3cc2C)cc1-c1ccccc1.Cc1cc2c(cc1-c1cc(-c3ccccc3)cc[n+]1C)oc1cc(C)c3ccccc3c12.Cc1cc2c(cc1-c1cc(-c3ccccc3)cc[n+]1C)oc1ccc3ccccc3c12. The number of pyridine rings is 4. The number of benzene rings is 16. The first kappa shape index (κ1) is 79.5. The quantitative estimate of drug-likeness (QED) is 0.142. The van der Waals surface area contributed by atoms with E-state index in [2.05, 4.69) is 466 Å². The van der Waals surface area contributed by atoms with Gasteiger partial charge in [0, 0.05) is 90.6 Å². The lowest BCUT2D eigenvalue weighted by Crippen LogP contribution is -2.31. The van der Waals surface area contributed by atoms with E-state index in [1.54, 1.807) is 0 Å². The Kier molecular flexibility index (Phi) is 20.2. The predicted octanol–water partition coefficient (Wildman–Crippen LogP) is 30.1. The van der Waals surface area contributed by atoms with Gasteiger partial charge in [0.05, 0.1) is 22.3 Å². The minimum Gasteiger partial charge on any atom is -0.456 e. The van der Waals surface area contributed by atoms with Crippen molar-refractivity contribution >= 4 is 131 Å². The average molecular weight is 1660 g/mol. The molecular formula is C120H96N4O4+4. The molecule has 0 radical (unpaired) electrons. The Morgan fingerprint density at radius 1 is 0.172 bits per heavy atom. The first-order valence-electron chi connectivity index (χ1n) is 44.0. The van der Waals surface area contributed by atoms with Crippen LogP contribution in [0.1, 0.15) is 44.5 Å².